The molecule has 0 spiro atoms. The van der Waals surface area contributed by atoms with Crippen molar-refractivity contribution in [1.29, 1.82) is 0 Å². The molecule has 33 heavy (non-hydrogen) atoms. The van der Waals surface area contributed by atoms with E-state index in [1.165, 1.54) is 24.3 Å². The van der Waals surface area contributed by atoms with Gasteiger partial charge in [-0.3, -0.25) is 19.3 Å². The van der Waals surface area contributed by atoms with Crippen molar-refractivity contribution < 1.29 is 27.9 Å². The summed E-state index contributed by atoms with van der Waals surface area (Å²) in [6.45, 7) is 1.81. The van der Waals surface area contributed by atoms with Crippen LogP contribution in [0, 0.1) is 17.6 Å². The first-order valence-corrected chi connectivity index (χ1v) is 10.8. The van der Waals surface area contributed by atoms with Crippen molar-refractivity contribution in [3.8, 4) is 5.88 Å². The summed E-state index contributed by atoms with van der Waals surface area (Å²) in [7, 11) is 1.50. The molecule has 0 bridgehead atoms. The average Bonchev–Trinajstić information content (AvgIpc) is 3.27. The monoisotopic (exact) mass is 471 g/mol. The Balaban J connectivity index is 1.49. The molecular weight excluding hydrogens is 452 g/mol. The minimum absolute atomic E-state index is 0.0695. The van der Waals surface area contributed by atoms with Crippen LogP contribution in [0.4, 0.5) is 8.78 Å². The Morgan fingerprint density at radius 1 is 1.18 bits per heavy atom. The number of carbonyl (C=O) groups is 3. The lowest BCUT2D eigenvalue weighted by Crippen LogP contribution is -2.41. The molecule has 0 radical (unpaired) electrons. The first-order chi connectivity index (χ1) is 15.8. The molecule has 0 aliphatic carbocycles. The first-order valence-electron chi connectivity index (χ1n) is 9.97. The minimum atomic E-state index is -1.08. The van der Waals surface area contributed by atoms with E-state index in [2.05, 4.69) is 10.3 Å². The maximum Gasteiger partial charge on any atom is 0.259 e. The number of nitrogens with one attached hydrogen (secondary N) is 1. The van der Waals surface area contributed by atoms with E-state index in [0.717, 1.165) is 29.5 Å². The fourth-order valence-electron chi connectivity index (χ4n) is 3.55. The fourth-order valence-corrected chi connectivity index (χ4v) is 4.58. The second kappa shape index (κ2) is 9.14. The van der Waals surface area contributed by atoms with Gasteiger partial charge in [-0.2, -0.15) is 0 Å². The number of Topliss-reactive ketones (excluding diaryl/α,β-unsaturated/α-hetero) is 1. The maximum atomic E-state index is 13.6. The smallest absolute Gasteiger partial charge is 0.259 e. The Morgan fingerprint density at radius 3 is 2.70 bits per heavy atom. The Hall–Kier alpha value is -3.53. The molecule has 1 atom stereocenters. The van der Waals surface area contributed by atoms with Crippen LogP contribution in [0.2, 0.25) is 0 Å². The van der Waals surface area contributed by atoms with Gasteiger partial charge in [-0.1, -0.05) is 17.8 Å². The summed E-state index contributed by atoms with van der Waals surface area (Å²) in [5.41, 5.74) is 1.45. The number of hydrogen-bond donors (Lipinski definition) is 1. The molecule has 7 nitrogen and oxygen atoms in total. The highest BCUT2D eigenvalue weighted by Gasteiger charge is 2.42. The van der Waals surface area contributed by atoms with Crippen LogP contribution in [0.5, 0.6) is 5.88 Å². The average molecular weight is 471 g/mol. The van der Waals surface area contributed by atoms with E-state index in [9.17, 15) is 23.2 Å². The van der Waals surface area contributed by atoms with Gasteiger partial charge in [-0.05, 0) is 42.7 Å². The predicted molar refractivity (Wildman–Crippen MR) is 116 cm³/mol. The van der Waals surface area contributed by atoms with Gasteiger partial charge >= 0.3 is 0 Å². The molecule has 0 saturated heterocycles. The lowest BCUT2D eigenvalue weighted by molar-refractivity contribution is -0.137. The summed E-state index contributed by atoms with van der Waals surface area (Å²) in [6, 6.07) is 6.71. The molecule has 2 aromatic rings. The standard InChI is InChI=1S/C23H19F2N3O4S/c1-12-20(29)15(7-13-3-4-16(24)17(25)8-13)22(31)28-11-18(33-23(12)28)21(30)27-10-14-5-6-26-19(9-14)32-2/h3-6,8-9,11,15H,7,10H2,1-2H3,(H,27,30). The fraction of sp³-hybridized carbons (Fsp3) is 0.217. The van der Waals surface area contributed by atoms with E-state index in [1.807, 2.05) is 0 Å². The normalized spacial score (nSPS) is 17.8. The topological polar surface area (TPSA) is 88.6 Å². The molecule has 0 saturated carbocycles. The van der Waals surface area contributed by atoms with Crippen LogP contribution in [-0.2, 0) is 27.3 Å². The molecule has 1 aromatic carbocycles. The summed E-state index contributed by atoms with van der Waals surface area (Å²) < 4.78 is 31.8. The van der Waals surface area contributed by atoms with Crippen LogP contribution in [0.3, 0.4) is 0 Å². The van der Waals surface area contributed by atoms with Crippen molar-refractivity contribution in [3.05, 3.63) is 81.0 Å². The number of benzene rings is 1. The molecule has 2 aliphatic rings. The molecule has 1 unspecified atom stereocenters. The quantitative estimate of drug-likeness (QED) is 0.652. The molecule has 10 heteroatoms. The predicted octanol–water partition coefficient (Wildman–Crippen LogP) is 3.07. The SMILES string of the molecule is COc1cc(CNC(=O)C2=CN3C(=O)C(Cc4ccc(F)c(F)c4)C(=O)C(C)=C3S2)ccn1. The summed E-state index contributed by atoms with van der Waals surface area (Å²) in [5, 5.41) is 3.15. The van der Waals surface area contributed by atoms with Crippen molar-refractivity contribution in [2.75, 3.05) is 7.11 Å². The third-order valence-electron chi connectivity index (χ3n) is 5.32. The van der Waals surface area contributed by atoms with Crippen molar-refractivity contribution in [3.63, 3.8) is 0 Å². The van der Waals surface area contributed by atoms with Gasteiger partial charge in [0.1, 0.15) is 5.92 Å². The number of pyridine rings is 1. The molecule has 3 heterocycles. The molecule has 2 aliphatic heterocycles. The minimum Gasteiger partial charge on any atom is -0.481 e. The van der Waals surface area contributed by atoms with Gasteiger partial charge in [-0.15, -0.1) is 0 Å². The van der Waals surface area contributed by atoms with Crippen molar-refractivity contribution in [2.45, 2.75) is 19.9 Å². The molecule has 2 amide bonds. The van der Waals surface area contributed by atoms with E-state index >= 15 is 0 Å². The number of allylic oxidation sites excluding steroid dienone is 1. The number of thioether (sulfide) groups is 1. The lowest BCUT2D eigenvalue weighted by atomic mass is 9.88. The van der Waals surface area contributed by atoms with E-state index in [-0.39, 0.29) is 17.9 Å². The molecule has 4 rings (SSSR count). The highest BCUT2D eigenvalue weighted by Crippen LogP contribution is 2.43. The number of nitrogens with zero attached hydrogens (tertiary/aromatic N) is 2. The van der Waals surface area contributed by atoms with E-state index in [4.69, 9.17) is 4.74 Å². The van der Waals surface area contributed by atoms with Gasteiger partial charge < -0.3 is 10.1 Å². The summed E-state index contributed by atoms with van der Waals surface area (Å²) in [5.74, 6) is -4.02. The van der Waals surface area contributed by atoms with Crippen LogP contribution in [0.15, 0.2) is 58.2 Å². The van der Waals surface area contributed by atoms with Gasteiger partial charge in [0.15, 0.2) is 17.4 Å². The number of ether oxygens (including phenoxy) is 1. The van der Waals surface area contributed by atoms with E-state index < -0.39 is 35.1 Å². The Bertz CT molecular complexity index is 1230. The highest BCUT2D eigenvalue weighted by molar-refractivity contribution is 8.07. The van der Waals surface area contributed by atoms with Crippen molar-refractivity contribution in [2.24, 2.45) is 5.92 Å². The van der Waals surface area contributed by atoms with Gasteiger partial charge in [0.05, 0.1) is 17.0 Å². The summed E-state index contributed by atoms with van der Waals surface area (Å²) in [6.07, 6.45) is 2.90. The van der Waals surface area contributed by atoms with Crippen molar-refractivity contribution >= 4 is 29.4 Å². The van der Waals surface area contributed by atoms with Gasteiger partial charge in [0.2, 0.25) is 11.8 Å². The Morgan fingerprint density at radius 2 is 1.97 bits per heavy atom. The molecule has 1 N–H and O–H groups in total. The molecular formula is C23H19F2N3O4S. The number of methoxy groups -OCH3 is 1. The first kappa shape index (κ1) is 22.7. The number of halogens is 2. The third kappa shape index (κ3) is 4.51. The summed E-state index contributed by atoms with van der Waals surface area (Å²) in [4.78, 5) is 44.1. The second-order valence-electron chi connectivity index (χ2n) is 7.49. The Kier molecular flexibility index (Phi) is 6.28. The van der Waals surface area contributed by atoms with Gasteiger partial charge in [-0.25, -0.2) is 13.8 Å². The summed E-state index contributed by atoms with van der Waals surface area (Å²) >= 11 is 1.04. The zero-order chi connectivity index (χ0) is 23.7. The van der Waals surface area contributed by atoms with Crippen LogP contribution >= 0.6 is 11.8 Å². The lowest BCUT2D eigenvalue weighted by Gasteiger charge is -2.28. The zero-order valence-electron chi connectivity index (χ0n) is 17.7. The van der Waals surface area contributed by atoms with Crippen LogP contribution < -0.4 is 10.1 Å². The molecule has 170 valence electrons. The van der Waals surface area contributed by atoms with E-state index in [1.54, 1.807) is 25.3 Å². The van der Waals surface area contributed by atoms with Crippen LogP contribution in [0.1, 0.15) is 18.1 Å². The number of ketones is 1. The molecule has 1 aromatic heterocycles. The number of aromatic nitrogens is 1. The van der Waals surface area contributed by atoms with E-state index in [0.29, 0.717) is 22.0 Å². The van der Waals surface area contributed by atoms with Crippen molar-refractivity contribution in [1.82, 2.24) is 15.2 Å². The van der Waals surface area contributed by atoms with Gasteiger partial charge in [0.25, 0.3) is 5.91 Å². The number of rotatable bonds is 6. The number of amides is 2. The zero-order valence-corrected chi connectivity index (χ0v) is 18.5. The Labute approximate surface area is 192 Å². The highest BCUT2D eigenvalue weighted by atomic mass is 32.2. The maximum absolute atomic E-state index is 13.6. The van der Waals surface area contributed by atoms with Crippen LogP contribution in [-0.4, -0.2) is 34.6 Å². The van der Waals surface area contributed by atoms with Crippen LogP contribution in [0.25, 0.3) is 0 Å². The molecule has 0 fully saturated rings. The third-order valence-corrected chi connectivity index (χ3v) is 6.53. The van der Waals surface area contributed by atoms with Gasteiger partial charge in [0, 0.05) is 30.6 Å². The number of fused-ring (bicyclic) bond motifs is 1. The largest absolute Gasteiger partial charge is 0.481 e. The second-order valence-corrected chi connectivity index (χ2v) is 8.52. The number of hydrogen-bond acceptors (Lipinski definition) is 6. The number of carbonyl (C=O) groups excluding carboxylic acids is 3.